The maximum Gasteiger partial charge on any atom is 0.0954 e. The second-order valence-corrected chi connectivity index (χ2v) is 7.36. The van der Waals surface area contributed by atoms with Gasteiger partial charge in [-0.1, -0.05) is 25.1 Å². The largest absolute Gasteiger partial charge is 0.313 e. The van der Waals surface area contributed by atoms with Crippen molar-refractivity contribution in [2.24, 2.45) is 0 Å². The van der Waals surface area contributed by atoms with Gasteiger partial charge in [0.25, 0.3) is 0 Å². The number of thiazole rings is 1. The lowest BCUT2D eigenvalue weighted by Crippen LogP contribution is -2.33. The van der Waals surface area contributed by atoms with Crippen LogP contribution in [0.25, 0.3) is 10.2 Å². The Labute approximate surface area is 133 Å². The van der Waals surface area contributed by atoms with Crippen molar-refractivity contribution in [2.45, 2.75) is 32.2 Å². The number of thiophene rings is 1. The number of hydrogen-bond acceptors (Lipinski definition) is 4. The van der Waals surface area contributed by atoms with E-state index < -0.39 is 0 Å². The van der Waals surface area contributed by atoms with Gasteiger partial charge in [-0.2, -0.15) is 0 Å². The van der Waals surface area contributed by atoms with E-state index >= 15 is 0 Å². The maximum absolute atomic E-state index is 4.77. The molecule has 21 heavy (non-hydrogen) atoms. The van der Waals surface area contributed by atoms with Crippen molar-refractivity contribution in [2.75, 3.05) is 6.54 Å². The molecule has 1 unspecified atom stereocenters. The van der Waals surface area contributed by atoms with Gasteiger partial charge in [0, 0.05) is 17.3 Å². The first-order valence-corrected chi connectivity index (χ1v) is 9.15. The van der Waals surface area contributed by atoms with Crippen molar-refractivity contribution < 1.29 is 0 Å². The minimum atomic E-state index is 0.476. The van der Waals surface area contributed by atoms with Crippen molar-refractivity contribution in [1.82, 2.24) is 10.3 Å². The van der Waals surface area contributed by atoms with Gasteiger partial charge in [-0.3, -0.25) is 0 Å². The summed E-state index contributed by atoms with van der Waals surface area (Å²) in [5.74, 6) is 0. The molecule has 0 aliphatic heterocycles. The summed E-state index contributed by atoms with van der Waals surface area (Å²) < 4.78 is 1.29. The molecule has 1 aromatic carbocycles. The Kier molecular flexibility index (Phi) is 5.01. The highest BCUT2D eigenvalue weighted by Crippen LogP contribution is 2.23. The van der Waals surface area contributed by atoms with Gasteiger partial charge in [0.05, 0.1) is 15.2 Å². The van der Waals surface area contributed by atoms with Crippen LogP contribution in [0.1, 0.15) is 23.2 Å². The number of aromatic nitrogens is 1. The third-order valence-electron chi connectivity index (χ3n) is 3.47. The van der Waals surface area contributed by atoms with Crippen LogP contribution >= 0.6 is 22.7 Å². The van der Waals surface area contributed by atoms with Gasteiger partial charge in [-0.05, 0) is 43.0 Å². The number of nitrogens with one attached hydrogen (secondary N) is 1. The van der Waals surface area contributed by atoms with E-state index in [0.29, 0.717) is 6.04 Å². The topological polar surface area (TPSA) is 24.9 Å². The van der Waals surface area contributed by atoms with Crippen molar-refractivity contribution >= 4 is 32.9 Å². The fraction of sp³-hybridized carbons (Fsp3) is 0.353. The predicted molar refractivity (Wildman–Crippen MR) is 93.4 cm³/mol. The van der Waals surface area contributed by atoms with Gasteiger partial charge in [-0.25, -0.2) is 4.98 Å². The molecule has 1 atom stereocenters. The van der Waals surface area contributed by atoms with E-state index in [-0.39, 0.29) is 0 Å². The molecule has 110 valence electrons. The summed E-state index contributed by atoms with van der Waals surface area (Å²) in [7, 11) is 0. The van der Waals surface area contributed by atoms with Crippen LogP contribution in [-0.2, 0) is 12.8 Å². The van der Waals surface area contributed by atoms with E-state index in [1.165, 1.54) is 21.0 Å². The predicted octanol–water partition coefficient (Wildman–Crippen LogP) is 4.51. The van der Waals surface area contributed by atoms with Crippen molar-refractivity contribution in [3.8, 4) is 0 Å². The molecule has 0 radical (unpaired) electrons. The quantitative estimate of drug-likeness (QED) is 0.693. The summed E-state index contributed by atoms with van der Waals surface area (Å²) >= 11 is 3.67. The Morgan fingerprint density at radius 1 is 1.14 bits per heavy atom. The molecule has 3 rings (SSSR count). The van der Waals surface area contributed by atoms with Crippen LogP contribution in [0.5, 0.6) is 0 Å². The zero-order valence-electron chi connectivity index (χ0n) is 12.2. The third-order valence-corrected chi connectivity index (χ3v) is 5.43. The van der Waals surface area contributed by atoms with Crippen LogP contribution in [0.2, 0.25) is 0 Å². The highest BCUT2D eigenvalue weighted by molar-refractivity contribution is 7.18. The Bertz CT molecular complexity index is 640. The number of hydrogen-bond donors (Lipinski definition) is 1. The highest BCUT2D eigenvalue weighted by atomic mass is 32.1. The first kappa shape index (κ1) is 14.7. The summed E-state index contributed by atoms with van der Waals surface area (Å²) in [5.41, 5.74) is 1.13. The van der Waals surface area contributed by atoms with Gasteiger partial charge >= 0.3 is 0 Å². The molecule has 2 heterocycles. The monoisotopic (exact) mass is 316 g/mol. The summed E-state index contributed by atoms with van der Waals surface area (Å²) in [6.07, 6.45) is 3.27. The van der Waals surface area contributed by atoms with Gasteiger partial charge in [0.15, 0.2) is 0 Å². The molecular weight excluding hydrogens is 296 g/mol. The molecule has 0 aliphatic rings. The molecular formula is C17H20N2S2. The lowest BCUT2D eigenvalue weighted by molar-refractivity contribution is 0.507. The fourth-order valence-electron chi connectivity index (χ4n) is 2.45. The molecule has 0 aliphatic carbocycles. The van der Waals surface area contributed by atoms with E-state index in [2.05, 4.69) is 54.0 Å². The lowest BCUT2D eigenvalue weighted by Gasteiger charge is -2.16. The van der Waals surface area contributed by atoms with E-state index in [1.54, 1.807) is 0 Å². The average molecular weight is 316 g/mol. The summed E-state index contributed by atoms with van der Waals surface area (Å²) in [6.45, 7) is 3.29. The standard InChI is InChI=1S/C17H20N2S2/c1-2-9-18-13(11-14-6-5-10-20-14)12-17-19-15-7-3-4-8-16(15)21-17/h3-8,10,13,18H,2,9,11-12H2,1H3. The molecule has 0 spiro atoms. The number of fused-ring (bicyclic) bond motifs is 1. The Balaban J connectivity index is 1.73. The Morgan fingerprint density at radius 2 is 2.05 bits per heavy atom. The Morgan fingerprint density at radius 3 is 2.81 bits per heavy atom. The molecule has 3 aromatic rings. The van der Waals surface area contributed by atoms with Crippen LogP contribution < -0.4 is 5.32 Å². The zero-order chi connectivity index (χ0) is 14.5. The van der Waals surface area contributed by atoms with Gasteiger partial charge in [0.1, 0.15) is 0 Å². The smallest absolute Gasteiger partial charge is 0.0954 e. The van der Waals surface area contributed by atoms with Crippen LogP contribution in [0.15, 0.2) is 41.8 Å². The summed E-state index contributed by atoms with van der Waals surface area (Å²) in [6, 6.07) is 13.2. The van der Waals surface area contributed by atoms with E-state index in [4.69, 9.17) is 4.98 Å². The van der Waals surface area contributed by atoms with E-state index in [1.807, 2.05) is 22.7 Å². The van der Waals surface area contributed by atoms with Crippen LogP contribution in [0, 0.1) is 0 Å². The van der Waals surface area contributed by atoms with Gasteiger partial charge in [0.2, 0.25) is 0 Å². The minimum Gasteiger partial charge on any atom is -0.313 e. The molecule has 0 bridgehead atoms. The first-order chi connectivity index (χ1) is 10.3. The average Bonchev–Trinajstić information content (AvgIpc) is 3.13. The second-order valence-electron chi connectivity index (χ2n) is 5.21. The van der Waals surface area contributed by atoms with Crippen molar-refractivity contribution in [3.05, 3.63) is 51.7 Å². The molecule has 2 aromatic heterocycles. The Hall–Kier alpha value is -1.23. The first-order valence-electron chi connectivity index (χ1n) is 7.45. The summed E-state index contributed by atoms with van der Waals surface area (Å²) in [5, 5.41) is 7.07. The van der Waals surface area contributed by atoms with E-state index in [9.17, 15) is 0 Å². The van der Waals surface area contributed by atoms with Crippen LogP contribution in [0.3, 0.4) is 0 Å². The van der Waals surface area contributed by atoms with Crippen LogP contribution in [-0.4, -0.2) is 17.6 Å². The minimum absolute atomic E-state index is 0.476. The number of nitrogens with zero attached hydrogens (tertiary/aromatic N) is 1. The normalized spacial score (nSPS) is 12.8. The molecule has 0 saturated carbocycles. The maximum atomic E-state index is 4.77. The van der Waals surface area contributed by atoms with Crippen LogP contribution in [0.4, 0.5) is 0 Å². The SMILES string of the molecule is CCCNC(Cc1cccs1)Cc1nc2ccccc2s1. The third kappa shape index (κ3) is 3.90. The van der Waals surface area contributed by atoms with Gasteiger partial charge < -0.3 is 5.32 Å². The van der Waals surface area contributed by atoms with Crippen molar-refractivity contribution in [1.29, 1.82) is 0 Å². The second kappa shape index (κ2) is 7.16. The molecule has 0 fully saturated rings. The highest BCUT2D eigenvalue weighted by Gasteiger charge is 2.13. The van der Waals surface area contributed by atoms with E-state index in [0.717, 1.165) is 24.9 Å². The number of para-hydroxylation sites is 1. The molecule has 1 N–H and O–H groups in total. The summed E-state index contributed by atoms with van der Waals surface area (Å²) in [4.78, 5) is 6.22. The molecule has 0 amide bonds. The number of benzene rings is 1. The fourth-order valence-corrected chi connectivity index (χ4v) is 4.29. The number of rotatable bonds is 7. The van der Waals surface area contributed by atoms with Gasteiger partial charge in [-0.15, -0.1) is 22.7 Å². The zero-order valence-corrected chi connectivity index (χ0v) is 13.8. The molecule has 2 nitrogen and oxygen atoms in total. The van der Waals surface area contributed by atoms with Crippen molar-refractivity contribution in [3.63, 3.8) is 0 Å². The molecule has 4 heteroatoms. The molecule has 0 saturated heterocycles. The lowest BCUT2D eigenvalue weighted by atomic mass is 10.1.